The molecule has 4 N–H and O–H groups in total. The zero-order valence-electron chi connectivity index (χ0n) is 18.3. The standard InChI is InChI=1S/C21H19F8N7/c22-18(23)7-4-11(5-8-18)21(30)35-16(13-2-1-3-14(33-13)19(24,25)26)34-17(36-21)32-12-6-9-31-15(10-12)20(27,28)29/h1-3,6,9-11H,4-5,7-8,30H2,(H2,31,32,34,35,36). The lowest BCUT2D eigenvalue weighted by atomic mass is 9.82. The summed E-state index contributed by atoms with van der Waals surface area (Å²) in [6.07, 6.45) is -9.75. The molecule has 1 aliphatic heterocycles. The monoisotopic (exact) mass is 521 g/mol. The lowest BCUT2D eigenvalue weighted by Gasteiger charge is -2.38. The molecule has 4 rings (SSSR count). The fraction of sp³-hybridized carbons (Fsp3) is 0.429. The average molecular weight is 521 g/mol. The molecule has 0 saturated heterocycles. The zero-order valence-corrected chi connectivity index (χ0v) is 18.3. The summed E-state index contributed by atoms with van der Waals surface area (Å²) in [5.74, 6) is -6.03. The van der Waals surface area contributed by atoms with E-state index in [9.17, 15) is 35.1 Å². The Bertz CT molecular complexity index is 1180. The second kappa shape index (κ2) is 8.94. The van der Waals surface area contributed by atoms with Crippen LogP contribution in [-0.2, 0) is 12.4 Å². The first-order valence-electron chi connectivity index (χ1n) is 10.6. The van der Waals surface area contributed by atoms with Crippen molar-refractivity contribution >= 4 is 17.5 Å². The number of rotatable bonds is 3. The predicted molar refractivity (Wildman–Crippen MR) is 113 cm³/mol. The Labute approximate surface area is 198 Å². The summed E-state index contributed by atoms with van der Waals surface area (Å²) in [4.78, 5) is 15.2. The third kappa shape index (κ3) is 5.71. The molecule has 36 heavy (non-hydrogen) atoms. The first-order chi connectivity index (χ1) is 16.6. The number of nitrogens with two attached hydrogens (primary N) is 1. The molecule has 0 aromatic carbocycles. The molecule has 1 atom stereocenters. The van der Waals surface area contributed by atoms with Gasteiger partial charge in [-0.25, -0.2) is 23.7 Å². The number of nitrogens with zero attached hydrogens (tertiary/aromatic N) is 4. The third-order valence-electron chi connectivity index (χ3n) is 5.73. The number of hydrogen-bond donors (Lipinski definition) is 3. The molecule has 3 heterocycles. The Kier molecular flexibility index (Phi) is 6.39. The van der Waals surface area contributed by atoms with Crippen molar-refractivity contribution in [2.75, 3.05) is 5.32 Å². The highest BCUT2D eigenvalue weighted by molar-refractivity contribution is 6.13. The largest absolute Gasteiger partial charge is 0.433 e. The van der Waals surface area contributed by atoms with Crippen LogP contribution in [0.4, 0.5) is 40.8 Å². The SMILES string of the molecule is NC1(C2CCC(F)(F)CC2)N=C(Nc2ccnc(C(F)(F)F)c2)NC(c2cccc(C(F)(F)F)n2)=N1. The molecule has 1 saturated carbocycles. The number of alkyl halides is 8. The number of anilines is 1. The van der Waals surface area contributed by atoms with Crippen molar-refractivity contribution in [3.63, 3.8) is 0 Å². The van der Waals surface area contributed by atoms with Gasteiger partial charge in [-0.2, -0.15) is 26.3 Å². The van der Waals surface area contributed by atoms with Crippen molar-refractivity contribution in [3.8, 4) is 0 Å². The van der Waals surface area contributed by atoms with Crippen molar-refractivity contribution in [2.24, 2.45) is 21.6 Å². The van der Waals surface area contributed by atoms with E-state index in [0.29, 0.717) is 6.07 Å². The molecule has 1 unspecified atom stereocenters. The van der Waals surface area contributed by atoms with Gasteiger partial charge in [-0.05, 0) is 37.1 Å². The number of guanidine groups is 1. The molecule has 0 radical (unpaired) electrons. The Morgan fingerprint density at radius 2 is 1.61 bits per heavy atom. The molecule has 15 heteroatoms. The smallest absolute Gasteiger partial charge is 0.326 e. The Hall–Kier alpha value is -3.36. The van der Waals surface area contributed by atoms with Gasteiger partial charge in [-0.3, -0.25) is 10.7 Å². The van der Waals surface area contributed by atoms with Gasteiger partial charge in [0, 0.05) is 30.6 Å². The number of halogens is 8. The van der Waals surface area contributed by atoms with Crippen LogP contribution in [0, 0.1) is 5.92 Å². The summed E-state index contributed by atoms with van der Waals surface area (Å²) >= 11 is 0. The van der Waals surface area contributed by atoms with Gasteiger partial charge < -0.3 is 10.6 Å². The minimum Gasteiger partial charge on any atom is -0.326 e. The summed E-state index contributed by atoms with van der Waals surface area (Å²) in [6.45, 7) is 0. The van der Waals surface area contributed by atoms with Crippen LogP contribution in [-0.4, -0.2) is 33.5 Å². The van der Waals surface area contributed by atoms with Crippen molar-refractivity contribution in [2.45, 2.75) is 49.7 Å². The first-order valence-corrected chi connectivity index (χ1v) is 10.6. The zero-order chi connectivity index (χ0) is 26.4. The minimum atomic E-state index is -4.76. The van der Waals surface area contributed by atoms with E-state index >= 15 is 0 Å². The lowest BCUT2D eigenvalue weighted by molar-refractivity contribution is -0.141. The molecule has 2 aromatic rings. The van der Waals surface area contributed by atoms with Gasteiger partial charge >= 0.3 is 12.4 Å². The number of aliphatic imine (C=N–C) groups is 2. The minimum absolute atomic E-state index is 0.0828. The van der Waals surface area contributed by atoms with Crippen LogP contribution >= 0.6 is 0 Å². The van der Waals surface area contributed by atoms with Crippen molar-refractivity contribution in [1.29, 1.82) is 0 Å². The molecule has 1 aliphatic carbocycles. The van der Waals surface area contributed by atoms with Crippen molar-refractivity contribution in [1.82, 2.24) is 15.3 Å². The number of pyridine rings is 2. The van der Waals surface area contributed by atoms with E-state index in [1.165, 1.54) is 12.1 Å². The van der Waals surface area contributed by atoms with E-state index in [1.54, 1.807) is 0 Å². The fourth-order valence-electron chi connectivity index (χ4n) is 3.90. The second-order valence-electron chi connectivity index (χ2n) is 8.42. The number of aromatic nitrogens is 2. The lowest BCUT2D eigenvalue weighted by Crippen LogP contribution is -2.54. The predicted octanol–water partition coefficient (Wildman–Crippen LogP) is 4.77. The van der Waals surface area contributed by atoms with Gasteiger partial charge in [-0.1, -0.05) is 6.07 Å². The van der Waals surface area contributed by atoms with E-state index in [1.807, 2.05) is 0 Å². The Morgan fingerprint density at radius 1 is 0.944 bits per heavy atom. The molecule has 2 aliphatic rings. The molecule has 1 fully saturated rings. The molecule has 194 valence electrons. The van der Waals surface area contributed by atoms with Crippen LogP contribution in [0.15, 0.2) is 46.5 Å². The quantitative estimate of drug-likeness (QED) is 0.506. The van der Waals surface area contributed by atoms with E-state index in [-0.39, 0.29) is 36.0 Å². The van der Waals surface area contributed by atoms with Gasteiger partial charge in [-0.15, -0.1) is 0 Å². The molecule has 0 bridgehead atoms. The molecule has 2 aromatic heterocycles. The molecule has 0 amide bonds. The van der Waals surface area contributed by atoms with Crippen LogP contribution in [0.5, 0.6) is 0 Å². The van der Waals surface area contributed by atoms with Gasteiger partial charge in [0.2, 0.25) is 17.7 Å². The molecular formula is C21H19F8N7. The van der Waals surface area contributed by atoms with Crippen molar-refractivity contribution < 1.29 is 35.1 Å². The number of nitrogens with one attached hydrogen (secondary N) is 2. The van der Waals surface area contributed by atoms with Crippen LogP contribution in [0.3, 0.4) is 0 Å². The third-order valence-corrected chi connectivity index (χ3v) is 5.73. The van der Waals surface area contributed by atoms with E-state index in [2.05, 4.69) is 30.6 Å². The van der Waals surface area contributed by atoms with E-state index in [0.717, 1.165) is 18.3 Å². The summed E-state index contributed by atoms with van der Waals surface area (Å²) < 4.78 is 106. The van der Waals surface area contributed by atoms with Crippen molar-refractivity contribution in [3.05, 3.63) is 53.6 Å². The van der Waals surface area contributed by atoms with Gasteiger partial charge in [0.05, 0.1) is 0 Å². The molecular weight excluding hydrogens is 502 g/mol. The average Bonchev–Trinajstić information content (AvgIpc) is 2.78. The van der Waals surface area contributed by atoms with E-state index in [4.69, 9.17) is 5.73 Å². The Morgan fingerprint density at radius 3 is 2.25 bits per heavy atom. The highest BCUT2D eigenvalue weighted by Crippen LogP contribution is 2.41. The van der Waals surface area contributed by atoms with Gasteiger partial charge in [0.25, 0.3) is 0 Å². The van der Waals surface area contributed by atoms with Gasteiger partial charge in [0.15, 0.2) is 5.84 Å². The number of amidine groups is 1. The summed E-state index contributed by atoms with van der Waals surface area (Å²) in [5, 5.41) is 5.18. The maximum atomic E-state index is 13.7. The maximum Gasteiger partial charge on any atom is 0.433 e. The van der Waals surface area contributed by atoms with Crippen LogP contribution < -0.4 is 16.4 Å². The summed E-state index contributed by atoms with van der Waals surface area (Å²) in [7, 11) is 0. The maximum absolute atomic E-state index is 13.7. The van der Waals surface area contributed by atoms with E-state index < -0.39 is 54.2 Å². The summed E-state index contributed by atoms with van der Waals surface area (Å²) in [6, 6.07) is 4.94. The first kappa shape index (κ1) is 25.7. The Balaban J connectivity index is 1.71. The normalized spacial score (nSPS) is 22.9. The molecule has 0 spiro atoms. The summed E-state index contributed by atoms with van der Waals surface area (Å²) in [5.41, 5.74) is 3.57. The van der Waals surface area contributed by atoms with Crippen LogP contribution in [0.25, 0.3) is 0 Å². The molecule has 7 nitrogen and oxygen atoms in total. The van der Waals surface area contributed by atoms with Crippen LogP contribution in [0.2, 0.25) is 0 Å². The van der Waals surface area contributed by atoms with Gasteiger partial charge in [0.1, 0.15) is 17.1 Å². The highest BCUT2D eigenvalue weighted by Gasteiger charge is 2.45. The fourth-order valence-corrected chi connectivity index (χ4v) is 3.90. The highest BCUT2D eigenvalue weighted by atomic mass is 19.4. The number of hydrogen-bond acceptors (Lipinski definition) is 7. The second-order valence-corrected chi connectivity index (χ2v) is 8.42. The van der Waals surface area contributed by atoms with Crippen LogP contribution in [0.1, 0.15) is 42.8 Å². The topological polar surface area (TPSA) is 101 Å².